The van der Waals surface area contributed by atoms with Gasteiger partial charge in [-0.3, -0.25) is 9.59 Å². The molecule has 0 unspecified atom stereocenters. The fourth-order valence-corrected chi connectivity index (χ4v) is 1.00. The van der Waals surface area contributed by atoms with Crippen LogP contribution < -0.4 is 0 Å². The monoisotopic (exact) mass is 153 g/mol. The van der Waals surface area contributed by atoms with Crippen LogP contribution in [0.5, 0.6) is 0 Å². The molecule has 3 heteroatoms. The fourth-order valence-electron chi connectivity index (χ4n) is 1.00. The van der Waals surface area contributed by atoms with Gasteiger partial charge >= 0.3 is 0 Å². The van der Waals surface area contributed by atoms with Crippen LogP contribution in [0.4, 0.5) is 0 Å². The summed E-state index contributed by atoms with van der Waals surface area (Å²) < 4.78 is 0. The highest BCUT2D eigenvalue weighted by molar-refractivity contribution is 6.12. The molecule has 1 aliphatic heterocycles. The molecule has 60 valence electrons. The zero-order valence-electron chi connectivity index (χ0n) is 6.92. The van der Waals surface area contributed by atoms with Gasteiger partial charge in [0.2, 0.25) is 5.91 Å². The molecule has 0 fully saturated rings. The van der Waals surface area contributed by atoms with E-state index in [0.717, 1.165) is 0 Å². The molecule has 0 N–H and O–H groups in total. The first-order valence-electron chi connectivity index (χ1n) is 3.46. The van der Waals surface area contributed by atoms with Crippen molar-refractivity contribution in [3.63, 3.8) is 0 Å². The molecule has 1 aliphatic rings. The number of ketones is 1. The second-order valence-electron chi connectivity index (χ2n) is 3.22. The summed E-state index contributed by atoms with van der Waals surface area (Å²) in [6.07, 6.45) is 2.93. The number of hydrogen-bond donors (Lipinski definition) is 0. The standard InChI is InChI=1S/C8H11NO2/c1-8(2)6(10)4-5-9(3)7(8)11/h4-5H,1-3H3. The molecule has 11 heavy (non-hydrogen) atoms. The molecular formula is C8H11NO2. The third-order valence-electron chi connectivity index (χ3n) is 1.92. The Balaban J connectivity index is 3.07. The molecule has 0 atom stereocenters. The van der Waals surface area contributed by atoms with Gasteiger partial charge in [-0.05, 0) is 19.9 Å². The minimum absolute atomic E-state index is 0.124. The Hall–Kier alpha value is -1.12. The lowest BCUT2D eigenvalue weighted by Gasteiger charge is -2.28. The van der Waals surface area contributed by atoms with Gasteiger partial charge in [0, 0.05) is 13.2 Å². The summed E-state index contributed by atoms with van der Waals surface area (Å²) in [5.74, 6) is -0.273. The Morgan fingerprint density at radius 1 is 1.36 bits per heavy atom. The van der Waals surface area contributed by atoms with Crippen molar-refractivity contribution in [2.75, 3.05) is 7.05 Å². The SMILES string of the molecule is CN1C=CC(=O)C(C)(C)C1=O. The van der Waals surface area contributed by atoms with E-state index in [1.807, 2.05) is 0 Å². The Kier molecular flexibility index (Phi) is 1.59. The molecule has 0 radical (unpaired) electrons. The van der Waals surface area contributed by atoms with Gasteiger partial charge < -0.3 is 4.90 Å². The Morgan fingerprint density at radius 3 is 2.36 bits per heavy atom. The molecule has 0 aliphatic carbocycles. The van der Waals surface area contributed by atoms with Crippen LogP contribution in [0.3, 0.4) is 0 Å². The van der Waals surface area contributed by atoms with Gasteiger partial charge in [-0.2, -0.15) is 0 Å². The molecule has 0 bridgehead atoms. The summed E-state index contributed by atoms with van der Waals surface area (Å²) in [6, 6.07) is 0. The average Bonchev–Trinajstić information content (AvgIpc) is 1.95. The van der Waals surface area contributed by atoms with Crippen molar-refractivity contribution in [1.82, 2.24) is 4.90 Å². The van der Waals surface area contributed by atoms with Gasteiger partial charge in [0.1, 0.15) is 5.41 Å². The fraction of sp³-hybridized carbons (Fsp3) is 0.500. The minimum Gasteiger partial charge on any atom is -0.321 e. The number of carbonyl (C=O) groups excluding carboxylic acids is 2. The number of allylic oxidation sites excluding steroid dienone is 1. The van der Waals surface area contributed by atoms with Gasteiger partial charge in [-0.15, -0.1) is 0 Å². The maximum atomic E-state index is 11.3. The van der Waals surface area contributed by atoms with E-state index in [2.05, 4.69) is 0 Å². The highest BCUT2D eigenvalue weighted by Crippen LogP contribution is 2.23. The zero-order valence-corrected chi connectivity index (χ0v) is 6.92. The van der Waals surface area contributed by atoms with Crippen molar-refractivity contribution < 1.29 is 9.59 Å². The van der Waals surface area contributed by atoms with Crippen molar-refractivity contribution in [2.45, 2.75) is 13.8 Å². The van der Waals surface area contributed by atoms with Crippen LogP contribution in [0.15, 0.2) is 12.3 Å². The van der Waals surface area contributed by atoms with E-state index in [-0.39, 0.29) is 11.7 Å². The van der Waals surface area contributed by atoms with E-state index in [1.54, 1.807) is 20.9 Å². The topological polar surface area (TPSA) is 37.4 Å². The molecule has 0 aromatic carbocycles. The van der Waals surface area contributed by atoms with Gasteiger partial charge in [0.15, 0.2) is 5.78 Å². The minimum atomic E-state index is -0.872. The molecule has 0 saturated heterocycles. The van der Waals surface area contributed by atoms with Crippen molar-refractivity contribution in [3.05, 3.63) is 12.3 Å². The number of carbonyl (C=O) groups is 2. The molecule has 0 spiro atoms. The van der Waals surface area contributed by atoms with Gasteiger partial charge in [-0.25, -0.2) is 0 Å². The largest absolute Gasteiger partial charge is 0.321 e. The molecule has 3 nitrogen and oxygen atoms in total. The first kappa shape index (κ1) is 7.98. The molecule has 0 aromatic heterocycles. The number of hydrogen-bond acceptors (Lipinski definition) is 2. The van der Waals surface area contributed by atoms with E-state index < -0.39 is 5.41 Å². The van der Waals surface area contributed by atoms with Crippen LogP contribution >= 0.6 is 0 Å². The lowest BCUT2D eigenvalue weighted by Crippen LogP contribution is -2.43. The molecule has 1 amide bonds. The molecule has 0 aromatic rings. The average molecular weight is 153 g/mol. The van der Waals surface area contributed by atoms with Gasteiger partial charge in [0.05, 0.1) is 0 Å². The van der Waals surface area contributed by atoms with Crippen LogP contribution in [0.25, 0.3) is 0 Å². The molecule has 1 rings (SSSR count). The Labute approximate surface area is 65.7 Å². The molecular weight excluding hydrogens is 142 g/mol. The summed E-state index contributed by atoms with van der Waals surface area (Å²) in [7, 11) is 1.65. The maximum Gasteiger partial charge on any atom is 0.239 e. The van der Waals surface area contributed by atoms with Crippen LogP contribution in [0.1, 0.15) is 13.8 Å². The molecule has 0 saturated carbocycles. The summed E-state index contributed by atoms with van der Waals surface area (Å²) in [6.45, 7) is 3.27. The van der Waals surface area contributed by atoms with Crippen LogP contribution in [0, 0.1) is 5.41 Å². The summed E-state index contributed by atoms with van der Waals surface area (Å²) in [4.78, 5) is 23.9. The van der Waals surface area contributed by atoms with Crippen molar-refractivity contribution in [2.24, 2.45) is 5.41 Å². The van der Waals surface area contributed by atoms with Crippen LogP contribution in [0.2, 0.25) is 0 Å². The first-order valence-corrected chi connectivity index (χ1v) is 3.46. The van der Waals surface area contributed by atoms with E-state index in [0.29, 0.717) is 0 Å². The highest BCUT2D eigenvalue weighted by Gasteiger charge is 2.38. The Bertz CT molecular complexity index is 240. The molecule has 1 heterocycles. The second kappa shape index (κ2) is 2.19. The normalized spacial score (nSPS) is 22.6. The van der Waals surface area contributed by atoms with E-state index in [4.69, 9.17) is 0 Å². The first-order chi connectivity index (χ1) is 4.96. The number of amides is 1. The van der Waals surface area contributed by atoms with Crippen molar-refractivity contribution in [3.8, 4) is 0 Å². The lowest BCUT2D eigenvalue weighted by atomic mass is 9.85. The van der Waals surface area contributed by atoms with Crippen LogP contribution in [-0.2, 0) is 9.59 Å². The van der Waals surface area contributed by atoms with E-state index >= 15 is 0 Å². The van der Waals surface area contributed by atoms with E-state index in [9.17, 15) is 9.59 Å². The smallest absolute Gasteiger partial charge is 0.239 e. The number of rotatable bonds is 0. The van der Waals surface area contributed by atoms with Gasteiger partial charge in [-0.1, -0.05) is 0 Å². The zero-order chi connectivity index (χ0) is 8.65. The van der Waals surface area contributed by atoms with Crippen molar-refractivity contribution in [1.29, 1.82) is 0 Å². The third-order valence-corrected chi connectivity index (χ3v) is 1.92. The summed E-state index contributed by atoms with van der Waals surface area (Å²) >= 11 is 0. The van der Waals surface area contributed by atoms with Crippen molar-refractivity contribution >= 4 is 11.7 Å². The van der Waals surface area contributed by atoms with Crippen LogP contribution in [-0.4, -0.2) is 23.6 Å². The Morgan fingerprint density at radius 2 is 1.91 bits per heavy atom. The second-order valence-corrected chi connectivity index (χ2v) is 3.22. The highest BCUT2D eigenvalue weighted by atomic mass is 16.2. The quantitative estimate of drug-likeness (QED) is 0.477. The van der Waals surface area contributed by atoms with E-state index in [1.165, 1.54) is 17.2 Å². The number of nitrogens with zero attached hydrogens (tertiary/aromatic N) is 1. The van der Waals surface area contributed by atoms with Gasteiger partial charge in [0.25, 0.3) is 0 Å². The maximum absolute atomic E-state index is 11.3. The summed E-state index contributed by atoms with van der Waals surface area (Å²) in [5, 5.41) is 0. The predicted octanol–water partition coefficient (Wildman–Crippen LogP) is 0.567. The third kappa shape index (κ3) is 1.06. The lowest BCUT2D eigenvalue weighted by molar-refractivity contribution is -0.144. The summed E-state index contributed by atoms with van der Waals surface area (Å²) in [5.41, 5.74) is -0.872. The predicted molar refractivity (Wildman–Crippen MR) is 40.7 cm³/mol.